The van der Waals surface area contributed by atoms with E-state index < -0.39 is 16.9 Å². The Balaban J connectivity index is 2.04. The average Bonchev–Trinajstić information content (AvgIpc) is 2.56. The number of hydrogen-bond donors (Lipinski definition) is 0. The molecular weight excluding hydrogens is 312 g/mol. The lowest BCUT2D eigenvalue weighted by Crippen LogP contribution is -2.10. The first kappa shape index (κ1) is 16.7. The Morgan fingerprint density at radius 3 is 2.17 bits per heavy atom. The minimum Gasteiger partial charge on any atom is -0.423 e. The Kier molecular flexibility index (Phi) is 5.49. The third-order valence-electron chi connectivity index (χ3n) is 2.92. The Morgan fingerprint density at radius 1 is 1.00 bits per heavy atom. The smallest absolute Gasteiger partial charge is 0.335 e. The van der Waals surface area contributed by atoms with Crippen LogP contribution in [0.3, 0.4) is 0 Å². The van der Waals surface area contributed by atoms with Crippen LogP contribution in [0.2, 0.25) is 0 Å². The maximum absolute atomic E-state index is 12.1. The second kappa shape index (κ2) is 7.56. The van der Waals surface area contributed by atoms with Gasteiger partial charge >= 0.3 is 5.97 Å². The molecule has 0 heterocycles. The summed E-state index contributed by atoms with van der Waals surface area (Å²) in [7, 11) is 0. The third kappa shape index (κ3) is 4.66. The largest absolute Gasteiger partial charge is 0.423 e. The molecule has 2 aromatic rings. The van der Waals surface area contributed by atoms with E-state index in [0.29, 0.717) is 4.90 Å². The molecule has 0 saturated heterocycles. The number of hydrogen-bond acceptors (Lipinski definition) is 5. The second-order valence-electron chi connectivity index (χ2n) is 4.68. The van der Waals surface area contributed by atoms with Crippen LogP contribution in [0, 0.1) is 6.92 Å². The highest BCUT2D eigenvalue weighted by atomic mass is 32.2. The lowest BCUT2D eigenvalue weighted by Gasteiger charge is -2.03. The standard InChI is InChI=1S/C18H14O4S/c1-3-16(19)22-14-8-6-13(7-9-14)17(20)18(21)23-15-10-4-12(2)5-11-15/h3-11H,1H2,2H3. The number of carbonyl (C=O) groups excluding carboxylic acids is 3. The summed E-state index contributed by atoms with van der Waals surface area (Å²) < 4.78 is 4.91. The highest BCUT2D eigenvalue weighted by molar-refractivity contribution is 8.15. The normalized spacial score (nSPS) is 9.96. The van der Waals surface area contributed by atoms with Gasteiger partial charge in [0, 0.05) is 16.5 Å². The first-order valence-corrected chi connectivity index (χ1v) is 7.59. The minimum atomic E-state index is -0.600. The van der Waals surface area contributed by atoms with Gasteiger partial charge in [-0.1, -0.05) is 24.3 Å². The van der Waals surface area contributed by atoms with Crippen molar-refractivity contribution in [2.75, 3.05) is 0 Å². The fraction of sp³-hybridized carbons (Fsp3) is 0.0556. The molecule has 2 rings (SSSR count). The van der Waals surface area contributed by atoms with E-state index in [1.54, 1.807) is 12.1 Å². The van der Waals surface area contributed by atoms with Crippen molar-refractivity contribution < 1.29 is 19.1 Å². The van der Waals surface area contributed by atoms with Crippen molar-refractivity contribution in [1.82, 2.24) is 0 Å². The first-order valence-electron chi connectivity index (χ1n) is 6.77. The van der Waals surface area contributed by atoms with Gasteiger partial charge in [0.1, 0.15) is 5.75 Å². The lowest BCUT2D eigenvalue weighted by atomic mass is 10.1. The van der Waals surface area contributed by atoms with Crippen LogP contribution in [0.4, 0.5) is 0 Å². The van der Waals surface area contributed by atoms with E-state index in [0.717, 1.165) is 23.4 Å². The van der Waals surface area contributed by atoms with Crippen LogP contribution in [0.15, 0.2) is 66.1 Å². The molecular formula is C18H14O4S. The molecule has 0 aromatic heterocycles. The van der Waals surface area contributed by atoms with Crippen LogP contribution in [0.1, 0.15) is 15.9 Å². The van der Waals surface area contributed by atoms with Crippen LogP contribution in [0.5, 0.6) is 5.75 Å². The van der Waals surface area contributed by atoms with Crippen molar-refractivity contribution in [2.45, 2.75) is 11.8 Å². The summed E-state index contributed by atoms with van der Waals surface area (Å²) in [6.07, 6.45) is 1.04. The molecule has 23 heavy (non-hydrogen) atoms. The quantitative estimate of drug-likeness (QED) is 0.210. The lowest BCUT2D eigenvalue weighted by molar-refractivity contribution is -0.129. The number of esters is 1. The molecule has 0 bridgehead atoms. The number of thioether (sulfide) groups is 1. The van der Waals surface area contributed by atoms with E-state index in [2.05, 4.69) is 6.58 Å². The molecule has 0 aliphatic carbocycles. The van der Waals surface area contributed by atoms with Gasteiger partial charge in [-0.15, -0.1) is 0 Å². The summed E-state index contributed by atoms with van der Waals surface area (Å²) in [5, 5.41) is -0.565. The highest BCUT2D eigenvalue weighted by Crippen LogP contribution is 2.22. The number of benzene rings is 2. The molecule has 0 radical (unpaired) electrons. The van der Waals surface area contributed by atoms with Crippen LogP contribution >= 0.6 is 11.8 Å². The van der Waals surface area contributed by atoms with Gasteiger partial charge in [-0.3, -0.25) is 9.59 Å². The summed E-state index contributed by atoms with van der Waals surface area (Å²) in [6, 6.07) is 13.2. The minimum absolute atomic E-state index is 0.244. The molecule has 116 valence electrons. The number of aryl methyl sites for hydroxylation is 1. The van der Waals surface area contributed by atoms with Crippen LogP contribution < -0.4 is 4.74 Å². The van der Waals surface area contributed by atoms with Gasteiger partial charge in [0.25, 0.3) is 5.12 Å². The van der Waals surface area contributed by atoms with E-state index in [9.17, 15) is 14.4 Å². The molecule has 0 saturated carbocycles. The Hall–Kier alpha value is -2.66. The van der Waals surface area contributed by atoms with Gasteiger partial charge in [0.2, 0.25) is 5.78 Å². The number of ether oxygens (including phenoxy) is 1. The number of carbonyl (C=O) groups is 3. The van der Waals surface area contributed by atoms with Gasteiger partial charge < -0.3 is 4.74 Å². The molecule has 0 unspecified atom stereocenters. The van der Waals surface area contributed by atoms with Crippen molar-refractivity contribution in [1.29, 1.82) is 0 Å². The van der Waals surface area contributed by atoms with Gasteiger partial charge in [-0.05, 0) is 55.1 Å². The van der Waals surface area contributed by atoms with Gasteiger partial charge in [0.05, 0.1) is 0 Å². The maximum atomic E-state index is 12.1. The van der Waals surface area contributed by atoms with E-state index in [1.807, 2.05) is 19.1 Å². The average molecular weight is 326 g/mol. The summed E-state index contributed by atoms with van der Waals surface area (Å²) in [5.74, 6) is -0.905. The van der Waals surface area contributed by atoms with E-state index in [4.69, 9.17) is 4.74 Å². The fourth-order valence-electron chi connectivity index (χ4n) is 1.71. The number of rotatable bonds is 5. The monoisotopic (exact) mass is 326 g/mol. The summed E-state index contributed by atoms with van der Waals surface area (Å²) in [4.78, 5) is 35.9. The maximum Gasteiger partial charge on any atom is 0.335 e. The molecule has 5 heteroatoms. The molecule has 2 aromatic carbocycles. The summed E-state index contributed by atoms with van der Waals surface area (Å²) >= 11 is 0.887. The van der Waals surface area contributed by atoms with Crippen molar-refractivity contribution in [3.63, 3.8) is 0 Å². The molecule has 0 atom stereocenters. The highest BCUT2D eigenvalue weighted by Gasteiger charge is 2.17. The summed E-state index contributed by atoms with van der Waals surface area (Å²) in [5.41, 5.74) is 1.32. The van der Waals surface area contributed by atoms with Gasteiger partial charge in [0.15, 0.2) is 0 Å². The van der Waals surface area contributed by atoms with E-state index >= 15 is 0 Å². The van der Waals surface area contributed by atoms with Crippen molar-refractivity contribution in [3.8, 4) is 5.75 Å². The molecule has 0 N–H and O–H groups in total. The molecule has 4 nitrogen and oxygen atoms in total. The van der Waals surface area contributed by atoms with Crippen LogP contribution in [-0.4, -0.2) is 16.9 Å². The third-order valence-corrected chi connectivity index (χ3v) is 3.80. The molecule has 0 aliphatic heterocycles. The van der Waals surface area contributed by atoms with E-state index in [-0.39, 0.29) is 11.3 Å². The second-order valence-corrected chi connectivity index (χ2v) is 5.73. The topological polar surface area (TPSA) is 60.4 Å². The predicted octanol–water partition coefficient (Wildman–Crippen LogP) is 3.59. The predicted molar refractivity (Wildman–Crippen MR) is 88.6 cm³/mol. The molecule has 0 amide bonds. The van der Waals surface area contributed by atoms with E-state index in [1.165, 1.54) is 24.3 Å². The Labute approximate surface area is 138 Å². The SMILES string of the molecule is C=CC(=O)Oc1ccc(C(=O)C(=O)Sc2ccc(C)cc2)cc1. The number of ketones is 1. The van der Waals surface area contributed by atoms with Crippen molar-refractivity contribution in [2.24, 2.45) is 0 Å². The zero-order chi connectivity index (χ0) is 16.8. The number of Topliss-reactive ketones (excluding diaryl/α,β-unsaturated/α-hetero) is 1. The van der Waals surface area contributed by atoms with Crippen molar-refractivity contribution >= 4 is 28.6 Å². The zero-order valence-electron chi connectivity index (χ0n) is 12.4. The Bertz CT molecular complexity index is 746. The Morgan fingerprint density at radius 2 is 1.61 bits per heavy atom. The van der Waals surface area contributed by atoms with Crippen LogP contribution in [-0.2, 0) is 9.59 Å². The van der Waals surface area contributed by atoms with Crippen LogP contribution in [0.25, 0.3) is 0 Å². The molecule has 0 spiro atoms. The molecule has 0 fully saturated rings. The molecule has 0 aliphatic rings. The first-order chi connectivity index (χ1) is 11.0. The van der Waals surface area contributed by atoms with Gasteiger partial charge in [-0.25, -0.2) is 4.79 Å². The summed E-state index contributed by atoms with van der Waals surface area (Å²) in [6.45, 7) is 5.24. The fourth-order valence-corrected chi connectivity index (χ4v) is 2.41. The van der Waals surface area contributed by atoms with Crippen molar-refractivity contribution in [3.05, 3.63) is 72.3 Å². The van der Waals surface area contributed by atoms with Gasteiger partial charge in [-0.2, -0.15) is 0 Å². The zero-order valence-corrected chi connectivity index (χ0v) is 13.3.